The van der Waals surface area contributed by atoms with Crippen LogP contribution in [0.2, 0.25) is 0 Å². The second-order valence-corrected chi connectivity index (χ2v) is 9.19. The Morgan fingerprint density at radius 3 is 1.87 bits per heavy atom. The molecule has 4 rings (SSSR count). The Kier molecular flexibility index (Phi) is 5.87. The first-order valence-electron chi connectivity index (χ1n) is 11.1. The average molecular weight is 424 g/mol. The van der Waals surface area contributed by atoms with Crippen molar-refractivity contribution in [2.24, 2.45) is 5.41 Å². The summed E-state index contributed by atoms with van der Waals surface area (Å²) in [6, 6.07) is 14.7. The molecule has 1 amide bonds. The van der Waals surface area contributed by atoms with Gasteiger partial charge in [-0.3, -0.25) is 4.79 Å². The SMILES string of the molecule is COc1cc(OC)c(C(c2ccccc2)C(C)(C)C(=O)N2C3CCC2CC3)c(OC)c1. The van der Waals surface area contributed by atoms with Gasteiger partial charge in [0.25, 0.3) is 0 Å². The minimum atomic E-state index is -0.693. The predicted octanol–water partition coefficient (Wildman–Crippen LogP) is 5.02. The zero-order valence-electron chi connectivity index (χ0n) is 19.2. The summed E-state index contributed by atoms with van der Waals surface area (Å²) >= 11 is 0. The van der Waals surface area contributed by atoms with Gasteiger partial charge < -0.3 is 19.1 Å². The average Bonchev–Trinajstić information content (AvgIpc) is 3.39. The smallest absolute Gasteiger partial charge is 0.229 e. The summed E-state index contributed by atoms with van der Waals surface area (Å²) < 4.78 is 17.1. The van der Waals surface area contributed by atoms with Crippen LogP contribution in [0.1, 0.15) is 56.6 Å². The second-order valence-electron chi connectivity index (χ2n) is 9.19. The molecule has 2 bridgehead atoms. The van der Waals surface area contributed by atoms with E-state index in [2.05, 4.69) is 30.9 Å². The van der Waals surface area contributed by atoms with Gasteiger partial charge in [-0.05, 0) is 31.2 Å². The van der Waals surface area contributed by atoms with Gasteiger partial charge in [0.05, 0.1) is 26.7 Å². The van der Waals surface area contributed by atoms with Gasteiger partial charge in [-0.25, -0.2) is 0 Å². The van der Waals surface area contributed by atoms with Crippen molar-refractivity contribution in [1.82, 2.24) is 4.90 Å². The molecule has 5 nitrogen and oxygen atoms in total. The fourth-order valence-corrected chi connectivity index (χ4v) is 5.61. The van der Waals surface area contributed by atoms with Crippen molar-refractivity contribution in [3.05, 3.63) is 53.6 Å². The number of carbonyl (C=O) groups is 1. The van der Waals surface area contributed by atoms with Gasteiger partial charge in [-0.1, -0.05) is 44.2 Å². The maximum absolute atomic E-state index is 14.1. The van der Waals surface area contributed by atoms with Crippen molar-refractivity contribution in [3.63, 3.8) is 0 Å². The third kappa shape index (κ3) is 3.64. The summed E-state index contributed by atoms with van der Waals surface area (Å²) in [5, 5.41) is 0. The molecule has 2 aromatic carbocycles. The number of amides is 1. The first kappa shape index (κ1) is 21.5. The Hall–Kier alpha value is -2.69. The lowest BCUT2D eigenvalue weighted by molar-refractivity contribution is -0.142. The van der Waals surface area contributed by atoms with Gasteiger partial charge in [-0.15, -0.1) is 0 Å². The van der Waals surface area contributed by atoms with Crippen LogP contribution in [0.4, 0.5) is 0 Å². The number of fused-ring (bicyclic) bond motifs is 2. The van der Waals surface area contributed by atoms with Crippen LogP contribution in [0.3, 0.4) is 0 Å². The molecule has 2 saturated heterocycles. The normalized spacial score (nSPS) is 21.1. The first-order valence-corrected chi connectivity index (χ1v) is 11.1. The highest BCUT2D eigenvalue weighted by Crippen LogP contribution is 2.52. The highest BCUT2D eigenvalue weighted by Gasteiger charge is 2.50. The summed E-state index contributed by atoms with van der Waals surface area (Å²) in [6.45, 7) is 4.13. The third-order valence-corrected chi connectivity index (χ3v) is 7.14. The molecule has 1 atom stereocenters. The number of ether oxygens (including phenoxy) is 3. The maximum Gasteiger partial charge on any atom is 0.229 e. The quantitative estimate of drug-likeness (QED) is 0.627. The number of carbonyl (C=O) groups excluding carboxylic acids is 1. The Bertz CT molecular complexity index is 895. The van der Waals surface area contributed by atoms with Crippen LogP contribution < -0.4 is 14.2 Å². The maximum atomic E-state index is 14.1. The lowest BCUT2D eigenvalue weighted by atomic mass is 9.69. The summed E-state index contributed by atoms with van der Waals surface area (Å²) in [5.41, 5.74) is 1.25. The fourth-order valence-electron chi connectivity index (χ4n) is 5.61. The molecule has 166 valence electrons. The lowest BCUT2D eigenvalue weighted by Gasteiger charge is -2.39. The van der Waals surface area contributed by atoms with E-state index in [1.807, 2.05) is 30.3 Å². The van der Waals surface area contributed by atoms with Crippen molar-refractivity contribution < 1.29 is 19.0 Å². The Morgan fingerprint density at radius 1 is 0.903 bits per heavy atom. The van der Waals surface area contributed by atoms with Crippen LogP contribution in [-0.2, 0) is 4.79 Å². The van der Waals surface area contributed by atoms with E-state index in [-0.39, 0.29) is 11.8 Å². The van der Waals surface area contributed by atoms with E-state index in [1.165, 1.54) is 0 Å². The number of benzene rings is 2. The Labute approximate surface area is 185 Å². The molecule has 5 heteroatoms. The second kappa shape index (κ2) is 8.45. The molecule has 2 aromatic rings. The fraction of sp³-hybridized carbons (Fsp3) is 0.500. The molecule has 31 heavy (non-hydrogen) atoms. The van der Waals surface area contributed by atoms with Crippen molar-refractivity contribution in [1.29, 1.82) is 0 Å². The van der Waals surface area contributed by atoms with Crippen molar-refractivity contribution >= 4 is 5.91 Å². The van der Waals surface area contributed by atoms with E-state index in [9.17, 15) is 4.79 Å². The van der Waals surface area contributed by atoms with Crippen LogP contribution in [0.5, 0.6) is 17.2 Å². The minimum absolute atomic E-state index is 0.214. The van der Waals surface area contributed by atoms with Gasteiger partial charge in [0.1, 0.15) is 17.2 Å². The highest BCUT2D eigenvalue weighted by molar-refractivity contribution is 5.85. The largest absolute Gasteiger partial charge is 0.496 e. The molecule has 0 spiro atoms. The Morgan fingerprint density at radius 2 is 1.42 bits per heavy atom. The lowest BCUT2D eigenvalue weighted by Crippen LogP contribution is -2.46. The van der Waals surface area contributed by atoms with E-state index >= 15 is 0 Å². The number of methoxy groups -OCH3 is 3. The van der Waals surface area contributed by atoms with E-state index in [1.54, 1.807) is 21.3 Å². The standard InChI is InChI=1S/C26H33NO4/c1-26(2,25(28)27-18-11-12-19(27)14-13-18)24(17-9-7-6-8-10-17)23-21(30-4)15-20(29-3)16-22(23)31-5/h6-10,15-16,18-19,24H,11-14H2,1-5H3. The van der Waals surface area contributed by atoms with E-state index in [4.69, 9.17) is 14.2 Å². The number of hydrogen-bond acceptors (Lipinski definition) is 4. The van der Waals surface area contributed by atoms with Crippen LogP contribution in [0, 0.1) is 5.41 Å². The van der Waals surface area contributed by atoms with Crippen LogP contribution >= 0.6 is 0 Å². The molecule has 0 radical (unpaired) electrons. The molecule has 0 aliphatic carbocycles. The van der Waals surface area contributed by atoms with Crippen molar-refractivity contribution in [2.75, 3.05) is 21.3 Å². The summed E-state index contributed by atoms with van der Waals surface area (Å²) in [7, 11) is 4.92. The van der Waals surface area contributed by atoms with Crippen molar-refractivity contribution in [3.8, 4) is 17.2 Å². The molecule has 2 aliphatic rings. The molecule has 2 heterocycles. The molecule has 2 aliphatic heterocycles. The molecule has 2 fully saturated rings. The predicted molar refractivity (Wildman–Crippen MR) is 121 cm³/mol. The molecule has 0 saturated carbocycles. The molecular weight excluding hydrogens is 390 g/mol. The van der Waals surface area contributed by atoms with E-state index in [0.717, 1.165) is 36.8 Å². The van der Waals surface area contributed by atoms with E-state index < -0.39 is 5.41 Å². The zero-order valence-corrected chi connectivity index (χ0v) is 19.2. The molecule has 0 N–H and O–H groups in total. The van der Waals surface area contributed by atoms with Gasteiger partial charge in [0.2, 0.25) is 5.91 Å². The molecule has 0 aromatic heterocycles. The van der Waals surface area contributed by atoms with Gasteiger partial charge in [-0.2, -0.15) is 0 Å². The van der Waals surface area contributed by atoms with E-state index in [0.29, 0.717) is 29.3 Å². The summed E-state index contributed by atoms with van der Waals surface area (Å²) in [5.74, 6) is 1.96. The van der Waals surface area contributed by atoms with Crippen LogP contribution in [0.15, 0.2) is 42.5 Å². The number of hydrogen-bond donors (Lipinski definition) is 0. The van der Waals surface area contributed by atoms with Gasteiger partial charge >= 0.3 is 0 Å². The molecular formula is C26H33NO4. The van der Waals surface area contributed by atoms with Crippen LogP contribution in [0.25, 0.3) is 0 Å². The van der Waals surface area contributed by atoms with Gasteiger partial charge in [0.15, 0.2) is 0 Å². The number of rotatable bonds is 7. The van der Waals surface area contributed by atoms with Gasteiger partial charge in [0, 0.05) is 35.7 Å². The van der Waals surface area contributed by atoms with Crippen molar-refractivity contribution in [2.45, 2.75) is 57.5 Å². The molecule has 1 unspecified atom stereocenters. The first-order chi connectivity index (χ1) is 14.9. The third-order valence-electron chi connectivity index (χ3n) is 7.14. The monoisotopic (exact) mass is 423 g/mol. The number of nitrogens with zero attached hydrogens (tertiary/aromatic N) is 1. The minimum Gasteiger partial charge on any atom is -0.496 e. The highest BCUT2D eigenvalue weighted by atomic mass is 16.5. The zero-order chi connectivity index (χ0) is 22.2. The Balaban J connectivity index is 1.87. The summed E-state index contributed by atoms with van der Waals surface area (Å²) in [6.07, 6.45) is 4.49. The van der Waals surface area contributed by atoms with Crippen LogP contribution in [-0.4, -0.2) is 44.2 Å². The summed E-state index contributed by atoms with van der Waals surface area (Å²) in [4.78, 5) is 16.2. The topological polar surface area (TPSA) is 48.0 Å².